The molecule has 0 aliphatic carbocycles. The van der Waals surface area contributed by atoms with Crippen molar-refractivity contribution in [2.75, 3.05) is 0 Å². The van der Waals surface area contributed by atoms with Crippen LogP contribution in [0.1, 0.15) is 5.56 Å². The Morgan fingerprint density at radius 3 is 2.65 bits per heavy atom. The zero-order valence-electron chi connectivity index (χ0n) is 9.16. The van der Waals surface area contributed by atoms with Crippen LogP contribution in [0.2, 0.25) is 5.02 Å². The fraction of sp³-hybridized carbons (Fsp3) is 0.0714. The van der Waals surface area contributed by atoms with Gasteiger partial charge in [0.25, 0.3) is 0 Å². The van der Waals surface area contributed by atoms with Crippen LogP contribution in [0.4, 0.5) is 0 Å². The summed E-state index contributed by atoms with van der Waals surface area (Å²) in [4.78, 5) is 12.3. The minimum Gasteiger partial charge on any atom is -0.289 e. The molecule has 2 aromatic carbocycles. The van der Waals surface area contributed by atoms with Gasteiger partial charge in [0.15, 0.2) is 5.43 Å². The molecule has 0 aliphatic heterocycles. The largest absolute Gasteiger partial charge is 0.289 e. The summed E-state index contributed by atoms with van der Waals surface area (Å²) in [6.07, 6.45) is 0. The van der Waals surface area contributed by atoms with E-state index in [2.05, 4.69) is 6.07 Å². The molecule has 1 nitrogen and oxygen atoms in total. The van der Waals surface area contributed by atoms with Crippen LogP contribution < -0.4 is 5.43 Å². The molecule has 1 heterocycles. The zero-order chi connectivity index (χ0) is 12.0. The third kappa shape index (κ3) is 1.74. The number of benzene rings is 2. The lowest BCUT2D eigenvalue weighted by molar-refractivity contribution is 1.51. The van der Waals surface area contributed by atoms with Crippen LogP contribution in [-0.2, 0) is 0 Å². The fourth-order valence-corrected chi connectivity index (χ4v) is 3.26. The highest BCUT2D eigenvalue weighted by Gasteiger charge is 2.06. The summed E-state index contributed by atoms with van der Waals surface area (Å²) in [5.74, 6) is 0. The second-order valence-electron chi connectivity index (χ2n) is 4.07. The van der Waals surface area contributed by atoms with Crippen molar-refractivity contribution in [1.82, 2.24) is 0 Å². The molecule has 3 heteroatoms. The molecular formula is C14H9ClOS. The molecule has 1 aromatic heterocycles. The normalized spacial score (nSPS) is 11.2. The summed E-state index contributed by atoms with van der Waals surface area (Å²) in [5.41, 5.74) is 1.23. The van der Waals surface area contributed by atoms with E-state index < -0.39 is 0 Å². The van der Waals surface area contributed by atoms with Crippen LogP contribution in [0.25, 0.3) is 20.2 Å². The van der Waals surface area contributed by atoms with Crippen LogP contribution in [0, 0.1) is 6.92 Å². The zero-order valence-corrected chi connectivity index (χ0v) is 10.7. The van der Waals surface area contributed by atoms with Crippen molar-refractivity contribution in [3.63, 3.8) is 0 Å². The average molecular weight is 261 g/mol. The SMILES string of the molecule is Cc1ccc2c(=O)c3cc(Cl)ccc3sc2c1. The van der Waals surface area contributed by atoms with Crippen molar-refractivity contribution in [2.45, 2.75) is 6.92 Å². The lowest BCUT2D eigenvalue weighted by Gasteiger charge is -2.02. The molecule has 0 amide bonds. The van der Waals surface area contributed by atoms with E-state index >= 15 is 0 Å². The highest BCUT2D eigenvalue weighted by molar-refractivity contribution is 7.24. The number of halogens is 1. The van der Waals surface area contributed by atoms with E-state index in [1.807, 2.05) is 31.2 Å². The van der Waals surface area contributed by atoms with Gasteiger partial charge in [-0.2, -0.15) is 0 Å². The predicted octanol–water partition coefficient (Wildman–Crippen LogP) is 4.38. The molecule has 0 saturated carbocycles. The van der Waals surface area contributed by atoms with Crippen molar-refractivity contribution in [3.8, 4) is 0 Å². The van der Waals surface area contributed by atoms with Crippen molar-refractivity contribution in [3.05, 3.63) is 57.2 Å². The van der Waals surface area contributed by atoms with Crippen LogP contribution in [0.5, 0.6) is 0 Å². The first kappa shape index (κ1) is 10.8. The van der Waals surface area contributed by atoms with E-state index in [0.717, 1.165) is 14.8 Å². The molecule has 3 aromatic rings. The highest BCUT2D eigenvalue weighted by Crippen LogP contribution is 2.27. The highest BCUT2D eigenvalue weighted by atomic mass is 35.5. The Labute approximate surface area is 107 Å². The van der Waals surface area contributed by atoms with E-state index in [4.69, 9.17) is 11.6 Å². The Kier molecular flexibility index (Phi) is 2.42. The van der Waals surface area contributed by atoms with Gasteiger partial charge >= 0.3 is 0 Å². The molecule has 0 bridgehead atoms. The summed E-state index contributed by atoms with van der Waals surface area (Å²) in [6, 6.07) is 11.4. The third-order valence-corrected chi connectivity index (χ3v) is 4.16. The van der Waals surface area contributed by atoms with Crippen LogP contribution >= 0.6 is 22.9 Å². The topological polar surface area (TPSA) is 17.1 Å². The van der Waals surface area contributed by atoms with Crippen molar-refractivity contribution >= 4 is 43.1 Å². The molecule has 84 valence electrons. The van der Waals surface area contributed by atoms with Crippen molar-refractivity contribution in [1.29, 1.82) is 0 Å². The maximum absolute atomic E-state index is 12.3. The molecule has 0 saturated heterocycles. The molecule has 0 fully saturated rings. The molecule has 0 unspecified atom stereocenters. The van der Waals surface area contributed by atoms with Crippen LogP contribution in [0.15, 0.2) is 41.2 Å². The maximum atomic E-state index is 12.3. The first-order valence-corrected chi connectivity index (χ1v) is 6.47. The lowest BCUT2D eigenvalue weighted by atomic mass is 10.1. The van der Waals surface area contributed by atoms with Gasteiger partial charge in [0.1, 0.15) is 0 Å². The second kappa shape index (κ2) is 3.83. The Balaban J connectivity index is 2.57. The van der Waals surface area contributed by atoms with Crippen LogP contribution in [0.3, 0.4) is 0 Å². The van der Waals surface area contributed by atoms with Crippen molar-refractivity contribution < 1.29 is 0 Å². The fourth-order valence-electron chi connectivity index (χ4n) is 1.93. The first-order valence-electron chi connectivity index (χ1n) is 5.28. The minimum atomic E-state index is 0.0660. The quantitative estimate of drug-likeness (QED) is 0.549. The number of hydrogen-bond acceptors (Lipinski definition) is 2. The Hall–Kier alpha value is -1.38. The van der Waals surface area contributed by atoms with E-state index in [-0.39, 0.29) is 5.43 Å². The lowest BCUT2D eigenvalue weighted by Crippen LogP contribution is -2.00. The molecule has 0 radical (unpaired) electrons. The maximum Gasteiger partial charge on any atom is 0.195 e. The average Bonchev–Trinajstić information content (AvgIpc) is 2.30. The number of hydrogen-bond donors (Lipinski definition) is 0. The van der Waals surface area contributed by atoms with Gasteiger partial charge in [-0.05, 0) is 42.8 Å². The molecule has 0 spiro atoms. The summed E-state index contributed by atoms with van der Waals surface area (Å²) in [5, 5.41) is 2.09. The number of aryl methyl sites for hydroxylation is 1. The van der Waals surface area contributed by atoms with Crippen molar-refractivity contribution in [2.24, 2.45) is 0 Å². The summed E-state index contributed by atoms with van der Waals surface area (Å²) >= 11 is 7.56. The summed E-state index contributed by atoms with van der Waals surface area (Å²) < 4.78 is 2.02. The molecular weight excluding hydrogens is 252 g/mol. The van der Waals surface area contributed by atoms with Gasteiger partial charge < -0.3 is 0 Å². The van der Waals surface area contributed by atoms with E-state index in [1.165, 1.54) is 5.56 Å². The Morgan fingerprint density at radius 2 is 1.82 bits per heavy atom. The molecule has 3 rings (SSSR count). The van der Waals surface area contributed by atoms with E-state index in [9.17, 15) is 4.79 Å². The first-order chi connectivity index (χ1) is 8.15. The van der Waals surface area contributed by atoms with Gasteiger partial charge in [-0.3, -0.25) is 4.79 Å². The van der Waals surface area contributed by atoms with Gasteiger partial charge in [0.2, 0.25) is 0 Å². The molecule has 17 heavy (non-hydrogen) atoms. The van der Waals surface area contributed by atoms with E-state index in [0.29, 0.717) is 10.4 Å². The standard InChI is InChI=1S/C14H9ClOS/c1-8-2-4-10-13(6-8)17-12-5-3-9(15)7-11(12)14(10)16/h2-7H,1H3. The molecule has 0 N–H and O–H groups in total. The Bertz CT molecular complexity index is 789. The van der Waals surface area contributed by atoms with E-state index in [1.54, 1.807) is 17.4 Å². The molecule has 0 aliphatic rings. The van der Waals surface area contributed by atoms with Gasteiger partial charge in [-0.25, -0.2) is 0 Å². The summed E-state index contributed by atoms with van der Waals surface area (Å²) in [7, 11) is 0. The second-order valence-corrected chi connectivity index (χ2v) is 5.59. The third-order valence-electron chi connectivity index (χ3n) is 2.79. The number of rotatable bonds is 0. The van der Waals surface area contributed by atoms with Gasteiger partial charge in [-0.15, -0.1) is 11.3 Å². The monoisotopic (exact) mass is 260 g/mol. The smallest absolute Gasteiger partial charge is 0.195 e. The number of fused-ring (bicyclic) bond motifs is 2. The van der Waals surface area contributed by atoms with Gasteiger partial charge in [0.05, 0.1) is 0 Å². The van der Waals surface area contributed by atoms with Gasteiger partial charge in [0, 0.05) is 25.2 Å². The predicted molar refractivity (Wildman–Crippen MR) is 75.3 cm³/mol. The van der Waals surface area contributed by atoms with Crippen LogP contribution in [-0.4, -0.2) is 0 Å². The Morgan fingerprint density at radius 1 is 1.00 bits per heavy atom. The molecule has 0 atom stereocenters. The minimum absolute atomic E-state index is 0.0660. The van der Waals surface area contributed by atoms with Gasteiger partial charge in [-0.1, -0.05) is 17.7 Å². The summed E-state index contributed by atoms with van der Waals surface area (Å²) in [6.45, 7) is 2.03.